The fourth-order valence-corrected chi connectivity index (χ4v) is 1.67. The average Bonchev–Trinajstić information content (AvgIpc) is 2.00. The van der Waals surface area contributed by atoms with Gasteiger partial charge in [-0.1, -0.05) is 6.42 Å². The Morgan fingerprint density at radius 1 is 1.06 bits per heavy atom. The molecular weight excluding hydrogens is 298 g/mol. The summed E-state index contributed by atoms with van der Waals surface area (Å²) in [4.78, 5) is 0. The van der Waals surface area contributed by atoms with E-state index in [1.165, 1.54) is 0 Å². The van der Waals surface area contributed by atoms with Gasteiger partial charge in [0.25, 0.3) is 10.1 Å². The van der Waals surface area contributed by atoms with Crippen molar-refractivity contribution in [2.45, 2.75) is 30.1 Å². The van der Waals surface area contributed by atoms with Crippen molar-refractivity contribution in [2.75, 3.05) is 0 Å². The topological polar surface area (TPSA) is 155 Å². The first-order valence-electron chi connectivity index (χ1n) is 3.80. The van der Waals surface area contributed by atoms with Crippen LogP contribution in [-0.4, -0.2) is 41.9 Å². The summed E-state index contributed by atoms with van der Waals surface area (Å²) in [5, 5.41) is 19.3. The zero-order chi connectivity index (χ0) is 12.3. The molecule has 0 aliphatic heterocycles. The number of rotatable bonds is 6. The second-order valence-corrected chi connectivity index (χ2v) is 5.91. The van der Waals surface area contributed by atoms with Crippen LogP contribution in [0.2, 0.25) is 0 Å². The van der Waals surface area contributed by atoms with Gasteiger partial charge in [-0.2, -0.15) is 8.42 Å². The predicted octanol–water partition coefficient (Wildman–Crippen LogP) is -8.40. The smallest absolute Gasteiger partial charge is 0.841 e. The molecule has 17 heavy (non-hydrogen) atoms. The summed E-state index contributed by atoms with van der Waals surface area (Å²) in [5.74, 6) is 0. The van der Waals surface area contributed by atoms with Crippen LogP contribution in [0.25, 0.3) is 0 Å². The molecule has 0 heterocycles. The van der Waals surface area contributed by atoms with Gasteiger partial charge in [-0.3, -0.25) is 4.55 Å². The largest absolute Gasteiger partial charge is 1.00 e. The standard InChI is InChI=1S/C5H11O8S2.2Na/c6-4(14(8,9)10)2-1-3-5(7)15(11,12)13;;/h4-6H,1-3H2,(H,8,9,10)(H,11,12,13);;/q-1;2*+1/p-1. The van der Waals surface area contributed by atoms with Crippen molar-refractivity contribution in [2.24, 2.45) is 0 Å². The van der Waals surface area contributed by atoms with E-state index in [1.807, 2.05) is 0 Å². The summed E-state index contributed by atoms with van der Waals surface area (Å²) in [7, 11) is -9.55. The molecule has 0 rings (SSSR count). The molecule has 0 aromatic heterocycles. The van der Waals surface area contributed by atoms with Crippen molar-refractivity contribution in [3.8, 4) is 0 Å². The Morgan fingerprint density at radius 3 is 1.76 bits per heavy atom. The zero-order valence-electron chi connectivity index (χ0n) is 9.44. The van der Waals surface area contributed by atoms with Crippen LogP contribution in [0.5, 0.6) is 0 Å². The van der Waals surface area contributed by atoms with E-state index in [1.54, 1.807) is 0 Å². The molecule has 0 bridgehead atoms. The summed E-state index contributed by atoms with van der Waals surface area (Å²) < 4.78 is 59.1. The SMILES string of the molecule is O=S(=O)([O-])C([O-])CCCC(O)S(=O)(=O)O.[Na+].[Na+]. The number of aliphatic hydroxyl groups is 1. The molecule has 0 aromatic carbocycles. The van der Waals surface area contributed by atoms with Crippen molar-refractivity contribution in [1.29, 1.82) is 0 Å². The van der Waals surface area contributed by atoms with Crippen molar-refractivity contribution >= 4 is 20.2 Å². The third-order valence-corrected chi connectivity index (χ3v) is 3.36. The minimum Gasteiger partial charge on any atom is -0.841 e. The van der Waals surface area contributed by atoms with Gasteiger partial charge < -0.3 is 14.8 Å². The van der Waals surface area contributed by atoms with Gasteiger partial charge in [-0.25, -0.2) is 8.42 Å². The first-order chi connectivity index (χ1) is 6.55. The van der Waals surface area contributed by atoms with E-state index < -0.39 is 43.9 Å². The molecule has 12 heteroatoms. The Labute approximate surface area is 144 Å². The van der Waals surface area contributed by atoms with E-state index in [2.05, 4.69) is 0 Å². The molecule has 0 saturated carbocycles. The second-order valence-electron chi connectivity index (χ2n) is 2.82. The summed E-state index contributed by atoms with van der Waals surface area (Å²) in [6.07, 6.45) is -1.41. The van der Waals surface area contributed by atoms with Crippen LogP contribution in [0.15, 0.2) is 0 Å². The van der Waals surface area contributed by atoms with Crippen LogP contribution in [0.1, 0.15) is 19.3 Å². The van der Waals surface area contributed by atoms with Gasteiger partial charge in [0.05, 0.1) is 10.1 Å². The van der Waals surface area contributed by atoms with Crippen LogP contribution < -0.4 is 64.2 Å². The van der Waals surface area contributed by atoms with Gasteiger partial charge in [-0.15, -0.1) is 0 Å². The zero-order valence-corrected chi connectivity index (χ0v) is 15.1. The monoisotopic (exact) mass is 308 g/mol. The van der Waals surface area contributed by atoms with Crippen LogP contribution in [0.3, 0.4) is 0 Å². The second kappa shape index (κ2) is 9.61. The van der Waals surface area contributed by atoms with E-state index in [4.69, 9.17) is 9.66 Å². The molecule has 2 unspecified atom stereocenters. The van der Waals surface area contributed by atoms with E-state index in [-0.39, 0.29) is 65.5 Å². The molecule has 0 aromatic rings. The third kappa shape index (κ3) is 11.3. The maximum atomic E-state index is 10.6. The quantitative estimate of drug-likeness (QED) is 0.362. The minimum atomic E-state index is -4.94. The average molecular weight is 308 g/mol. The molecule has 0 amide bonds. The third-order valence-electron chi connectivity index (χ3n) is 1.56. The Hall–Kier alpha value is 1.74. The summed E-state index contributed by atoms with van der Waals surface area (Å²) in [5.41, 5.74) is -4.45. The molecule has 0 aliphatic rings. The van der Waals surface area contributed by atoms with E-state index in [0.717, 1.165) is 0 Å². The van der Waals surface area contributed by atoms with Crippen LogP contribution in [-0.2, 0) is 20.2 Å². The first-order valence-corrected chi connectivity index (χ1v) is 6.77. The number of hydrogen-bond acceptors (Lipinski definition) is 7. The van der Waals surface area contributed by atoms with Crippen molar-refractivity contribution < 1.29 is 95.3 Å². The van der Waals surface area contributed by atoms with Gasteiger partial charge in [0.15, 0.2) is 5.44 Å². The summed E-state index contributed by atoms with van der Waals surface area (Å²) >= 11 is 0. The Bertz CT molecular complexity index is 352. The van der Waals surface area contributed by atoms with Crippen LogP contribution >= 0.6 is 0 Å². The van der Waals surface area contributed by atoms with Gasteiger partial charge in [0.2, 0.25) is 0 Å². The van der Waals surface area contributed by atoms with Gasteiger partial charge >= 0.3 is 59.1 Å². The van der Waals surface area contributed by atoms with Crippen LogP contribution in [0.4, 0.5) is 0 Å². The fraction of sp³-hybridized carbons (Fsp3) is 1.00. The van der Waals surface area contributed by atoms with Crippen molar-refractivity contribution in [3.05, 3.63) is 0 Å². The summed E-state index contributed by atoms with van der Waals surface area (Å²) in [6.45, 7) is 0. The maximum absolute atomic E-state index is 10.6. The van der Waals surface area contributed by atoms with Gasteiger partial charge in [0.1, 0.15) is 0 Å². The minimum absolute atomic E-state index is 0. The first kappa shape index (κ1) is 23.8. The summed E-state index contributed by atoms with van der Waals surface area (Å²) in [6, 6.07) is 0. The van der Waals surface area contributed by atoms with E-state index >= 15 is 0 Å². The van der Waals surface area contributed by atoms with Gasteiger partial charge in [0, 0.05) is 0 Å². The normalized spacial score (nSPS) is 15.3. The molecule has 8 nitrogen and oxygen atoms in total. The molecule has 0 fully saturated rings. The Kier molecular flexibility index (Phi) is 13.5. The predicted molar refractivity (Wildman–Crippen MR) is 44.9 cm³/mol. The van der Waals surface area contributed by atoms with Crippen molar-refractivity contribution in [3.63, 3.8) is 0 Å². The Morgan fingerprint density at radius 2 is 1.47 bits per heavy atom. The molecule has 0 radical (unpaired) electrons. The van der Waals surface area contributed by atoms with Crippen molar-refractivity contribution in [1.82, 2.24) is 0 Å². The fourth-order valence-electron chi connectivity index (χ4n) is 0.752. The molecule has 0 spiro atoms. The molecule has 2 N–H and O–H groups in total. The maximum Gasteiger partial charge on any atom is 1.00 e. The van der Waals surface area contributed by atoms with E-state index in [0.29, 0.717) is 0 Å². The number of hydrogen-bond donors (Lipinski definition) is 2. The Balaban J connectivity index is -0.000000980. The molecule has 2 atom stereocenters. The van der Waals surface area contributed by atoms with Gasteiger partial charge in [-0.05, 0) is 18.3 Å². The van der Waals surface area contributed by atoms with E-state index in [9.17, 15) is 26.5 Å². The molecule has 92 valence electrons. The van der Waals surface area contributed by atoms with Crippen LogP contribution in [0, 0.1) is 0 Å². The molecule has 0 aliphatic carbocycles. The molecule has 0 saturated heterocycles. The number of aliphatic hydroxyl groups excluding tert-OH is 1. The molecular formula is C5H10Na2O8S2.